The molecule has 3 heterocycles. The van der Waals surface area contributed by atoms with Gasteiger partial charge in [0.15, 0.2) is 0 Å². The van der Waals surface area contributed by atoms with Gasteiger partial charge < -0.3 is 15.2 Å². The van der Waals surface area contributed by atoms with Crippen LogP contribution in [-0.4, -0.2) is 34.0 Å². The first-order valence-corrected chi connectivity index (χ1v) is 9.97. The molecule has 5 nitrogen and oxygen atoms in total. The Balaban J connectivity index is 1.42. The van der Waals surface area contributed by atoms with Crippen molar-refractivity contribution in [3.05, 3.63) is 72.9 Å². The fourth-order valence-electron chi connectivity index (χ4n) is 3.85. The highest BCUT2D eigenvalue weighted by molar-refractivity contribution is 5.91. The van der Waals surface area contributed by atoms with Crippen LogP contribution in [0.25, 0.3) is 33.4 Å². The number of likely N-dealkylation sites (tertiary alicyclic amines) is 1. The minimum absolute atomic E-state index is 0.0227. The maximum absolute atomic E-state index is 12.4. The number of pyridine rings is 1. The summed E-state index contributed by atoms with van der Waals surface area (Å²) in [6.45, 7) is 1.67. The third-order valence-electron chi connectivity index (χ3n) is 5.40. The molecular weight excluding hydrogens is 360 g/mol. The Kier molecular flexibility index (Phi) is 4.48. The van der Waals surface area contributed by atoms with Crippen molar-refractivity contribution >= 4 is 22.8 Å². The number of carbonyl (C=O) groups excluding carboxylic acids is 1. The van der Waals surface area contributed by atoms with Crippen molar-refractivity contribution in [1.82, 2.24) is 14.9 Å². The highest BCUT2D eigenvalue weighted by Gasteiger charge is 2.18. The van der Waals surface area contributed by atoms with E-state index >= 15 is 0 Å². The second-order valence-electron chi connectivity index (χ2n) is 7.42. The van der Waals surface area contributed by atoms with Gasteiger partial charge in [0.1, 0.15) is 5.65 Å². The van der Waals surface area contributed by atoms with Gasteiger partial charge in [0.05, 0.1) is 0 Å². The van der Waals surface area contributed by atoms with E-state index in [9.17, 15) is 4.79 Å². The SMILES string of the molecule is O=C(Nc1cccc(-c2cc3cc(-c4ccccc4)cnc3[nH]2)c1)N1CCCC1. The van der Waals surface area contributed by atoms with Gasteiger partial charge in [0.2, 0.25) is 0 Å². The van der Waals surface area contributed by atoms with Crippen LogP contribution in [-0.2, 0) is 0 Å². The Morgan fingerprint density at radius 2 is 1.69 bits per heavy atom. The quantitative estimate of drug-likeness (QED) is 0.490. The first kappa shape index (κ1) is 17.5. The lowest BCUT2D eigenvalue weighted by atomic mass is 10.1. The van der Waals surface area contributed by atoms with Gasteiger partial charge in [-0.2, -0.15) is 0 Å². The fourth-order valence-corrected chi connectivity index (χ4v) is 3.85. The van der Waals surface area contributed by atoms with Gasteiger partial charge in [-0.3, -0.25) is 0 Å². The number of urea groups is 1. The molecule has 2 aromatic carbocycles. The normalized spacial score (nSPS) is 13.7. The van der Waals surface area contributed by atoms with Crippen LogP contribution in [0.4, 0.5) is 10.5 Å². The van der Waals surface area contributed by atoms with E-state index in [1.54, 1.807) is 0 Å². The first-order chi connectivity index (χ1) is 14.3. The van der Waals surface area contributed by atoms with Crippen LogP contribution >= 0.6 is 0 Å². The van der Waals surface area contributed by atoms with Crippen molar-refractivity contribution in [2.45, 2.75) is 12.8 Å². The zero-order valence-electron chi connectivity index (χ0n) is 16.1. The second-order valence-corrected chi connectivity index (χ2v) is 7.42. The molecular formula is C24H22N4O. The number of aromatic nitrogens is 2. The topological polar surface area (TPSA) is 61.0 Å². The number of nitrogens with zero attached hydrogens (tertiary/aromatic N) is 2. The summed E-state index contributed by atoms with van der Waals surface area (Å²) in [5.41, 5.74) is 5.90. The molecule has 0 spiro atoms. The molecule has 5 rings (SSSR count). The van der Waals surface area contributed by atoms with E-state index in [-0.39, 0.29) is 6.03 Å². The Labute approximate surface area is 169 Å². The van der Waals surface area contributed by atoms with Gasteiger partial charge in [-0.05, 0) is 42.7 Å². The highest BCUT2D eigenvalue weighted by atomic mass is 16.2. The van der Waals surface area contributed by atoms with E-state index in [4.69, 9.17) is 0 Å². The number of carbonyl (C=O) groups is 1. The molecule has 2 amide bonds. The minimum Gasteiger partial charge on any atom is -0.339 e. The standard InChI is InChI=1S/C24H22N4O/c29-24(28-11-4-5-12-28)26-21-10-6-9-18(14-21)22-15-19-13-20(16-25-23(19)27-22)17-7-2-1-3-8-17/h1-3,6-10,13-16H,4-5,11-12H2,(H,25,27)(H,26,29). The molecule has 4 aromatic rings. The Morgan fingerprint density at radius 1 is 0.897 bits per heavy atom. The summed E-state index contributed by atoms with van der Waals surface area (Å²) in [4.78, 5) is 22.2. The minimum atomic E-state index is -0.0227. The summed E-state index contributed by atoms with van der Waals surface area (Å²) in [6.07, 6.45) is 4.06. The first-order valence-electron chi connectivity index (χ1n) is 9.97. The molecule has 0 bridgehead atoms. The van der Waals surface area contributed by atoms with Crippen LogP contribution in [0.15, 0.2) is 72.9 Å². The summed E-state index contributed by atoms with van der Waals surface area (Å²) >= 11 is 0. The fraction of sp³-hybridized carbons (Fsp3) is 0.167. The lowest BCUT2D eigenvalue weighted by Crippen LogP contribution is -2.32. The molecule has 2 aromatic heterocycles. The van der Waals surface area contributed by atoms with Crippen LogP contribution in [0, 0.1) is 0 Å². The van der Waals surface area contributed by atoms with E-state index in [1.165, 1.54) is 0 Å². The van der Waals surface area contributed by atoms with Crippen molar-refractivity contribution in [2.75, 3.05) is 18.4 Å². The summed E-state index contributed by atoms with van der Waals surface area (Å²) in [7, 11) is 0. The molecule has 1 aliphatic rings. The Morgan fingerprint density at radius 3 is 2.52 bits per heavy atom. The molecule has 1 fully saturated rings. The van der Waals surface area contributed by atoms with Crippen molar-refractivity contribution in [1.29, 1.82) is 0 Å². The molecule has 0 unspecified atom stereocenters. The maximum atomic E-state index is 12.4. The molecule has 5 heteroatoms. The smallest absolute Gasteiger partial charge is 0.321 e. The lowest BCUT2D eigenvalue weighted by Gasteiger charge is -2.16. The number of hydrogen-bond acceptors (Lipinski definition) is 2. The number of rotatable bonds is 3. The van der Waals surface area contributed by atoms with Gasteiger partial charge in [-0.15, -0.1) is 0 Å². The summed E-state index contributed by atoms with van der Waals surface area (Å²) < 4.78 is 0. The highest BCUT2D eigenvalue weighted by Crippen LogP contribution is 2.28. The number of hydrogen-bond donors (Lipinski definition) is 2. The number of anilines is 1. The van der Waals surface area contributed by atoms with Crippen LogP contribution in [0.5, 0.6) is 0 Å². The molecule has 0 aliphatic carbocycles. The monoisotopic (exact) mass is 382 g/mol. The number of amides is 2. The van der Waals surface area contributed by atoms with Gasteiger partial charge in [0, 0.05) is 47.2 Å². The molecule has 0 radical (unpaired) electrons. The van der Waals surface area contributed by atoms with Crippen LogP contribution in [0.2, 0.25) is 0 Å². The summed E-state index contributed by atoms with van der Waals surface area (Å²) in [5, 5.41) is 4.08. The van der Waals surface area contributed by atoms with Gasteiger partial charge in [0.25, 0.3) is 0 Å². The molecule has 144 valence electrons. The number of nitrogens with one attached hydrogen (secondary N) is 2. The third-order valence-corrected chi connectivity index (χ3v) is 5.40. The molecule has 0 saturated carbocycles. The van der Waals surface area contributed by atoms with Crippen LogP contribution in [0.3, 0.4) is 0 Å². The van der Waals surface area contributed by atoms with E-state index < -0.39 is 0 Å². The lowest BCUT2D eigenvalue weighted by molar-refractivity contribution is 0.222. The van der Waals surface area contributed by atoms with Crippen molar-refractivity contribution < 1.29 is 4.79 Å². The maximum Gasteiger partial charge on any atom is 0.321 e. The molecule has 29 heavy (non-hydrogen) atoms. The van der Waals surface area contributed by atoms with Crippen molar-refractivity contribution in [2.24, 2.45) is 0 Å². The Bertz CT molecular complexity index is 1160. The summed E-state index contributed by atoms with van der Waals surface area (Å²) in [5.74, 6) is 0. The molecule has 0 atom stereocenters. The molecule has 2 N–H and O–H groups in total. The largest absolute Gasteiger partial charge is 0.339 e. The van der Waals surface area contributed by atoms with Crippen molar-refractivity contribution in [3.63, 3.8) is 0 Å². The predicted octanol–water partition coefficient (Wildman–Crippen LogP) is 5.52. The van der Waals surface area contributed by atoms with Gasteiger partial charge in [-0.25, -0.2) is 9.78 Å². The van der Waals surface area contributed by atoms with E-state index in [1.807, 2.05) is 53.6 Å². The number of fused-ring (bicyclic) bond motifs is 1. The third kappa shape index (κ3) is 3.59. The number of benzene rings is 2. The Hall–Kier alpha value is -3.60. The average Bonchev–Trinajstić information content (AvgIpc) is 3.44. The average molecular weight is 382 g/mol. The second kappa shape index (κ2) is 7.43. The molecule has 1 aliphatic heterocycles. The predicted molar refractivity (Wildman–Crippen MR) is 117 cm³/mol. The zero-order valence-corrected chi connectivity index (χ0v) is 16.1. The summed E-state index contributed by atoms with van der Waals surface area (Å²) in [6, 6.07) is 22.4. The van der Waals surface area contributed by atoms with Crippen LogP contribution < -0.4 is 5.32 Å². The van der Waals surface area contributed by atoms with E-state index in [2.05, 4.69) is 39.6 Å². The number of H-pyrrole nitrogens is 1. The zero-order chi connectivity index (χ0) is 19.6. The van der Waals surface area contributed by atoms with E-state index in [0.29, 0.717) is 0 Å². The van der Waals surface area contributed by atoms with Crippen molar-refractivity contribution in [3.8, 4) is 22.4 Å². The van der Waals surface area contributed by atoms with E-state index in [0.717, 1.165) is 65.0 Å². The number of aromatic amines is 1. The molecule has 1 saturated heterocycles. The van der Waals surface area contributed by atoms with Crippen LogP contribution in [0.1, 0.15) is 12.8 Å². The van der Waals surface area contributed by atoms with Gasteiger partial charge >= 0.3 is 6.03 Å². The van der Waals surface area contributed by atoms with Gasteiger partial charge in [-0.1, -0.05) is 42.5 Å².